The summed E-state index contributed by atoms with van der Waals surface area (Å²) in [6.45, 7) is 0.582. The molecule has 0 saturated carbocycles. The van der Waals surface area contributed by atoms with Gasteiger partial charge in [0.15, 0.2) is 0 Å². The second-order valence-electron chi connectivity index (χ2n) is 5.76. The molecular formula is C15H22BNO4. The number of carboxylic acids is 1. The Kier molecular flexibility index (Phi) is 5.39. The fourth-order valence-electron chi connectivity index (χ4n) is 3.28. The molecule has 0 aromatic heterocycles. The summed E-state index contributed by atoms with van der Waals surface area (Å²) in [5.74, 6) is -1.25. The zero-order valence-corrected chi connectivity index (χ0v) is 12.0. The summed E-state index contributed by atoms with van der Waals surface area (Å²) in [7, 11) is -1.31. The van der Waals surface area contributed by atoms with Gasteiger partial charge in [0, 0.05) is 0 Å². The van der Waals surface area contributed by atoms with E-state index in [1.807, 2.05) is 12.1 Å². The van der Waals surface area contributed by atoms with Crippen LogP contribution in [0.25, 0.3) is 0 Å². The first kappa shape index (κ1) is 16.0. The number of hydrogen-bond donors (Lipinski definition) is 4. The Hall–Kier alpha value is -1.37. The van der Waals surface area contributed by atoms with E-state index in [1.54, 1.807) is 0 Å². The molecule has 21 heavy (non-hydrogen) atoms. The lowest BCUT2D eigenvalue weighted by molar-refractivity contribution is -0.139. The molecule has 1 aliphatic rings. The number of aliphatic carboxylic acids is 1. The van der Waals surface area contributed by atoms with E-state index in [2.05, 4.69) is 6.07 Å². The highest BCUT2D eigenvalue weighted by Crippen LogP contribution is 2.41. The molecule has 0 bridgehead atoms. The molecule has 2 atom stereocenters. The van der Waals surface area contributed by atoms with Crippen LogP contribution in [0.5, 0.6) is 0 Å². The Morgan fingerprint density at radius 3 is 2.76 bits per heavy atom. The standard InChI is InChI=1S/C15H22BNO4/c17-7-5-10-3-4-13-12(8-10)9-11(14(13)15(18)19)2-1-6-16(20)21/h3-4,8,11,14,20-21H,1-2,5-7,9,17H2,(H,18,19)/t11-,14-/m0/s1. The third-order valence-corrected chi connectivity index (χ3v) is 4.23. The van der Waals surface area contributed by atoms with E-state index in [0.717, 1.165) is 29.5 Å². The van der Waals surface area contributed by atoms with Gasteiger partial charge in [-0.25, -0.2) is 0 Å². The summed E-state index contributed by atoms with van der Waals surface area (Å²) >= 11 is 0. The van der Waals surface area contributed by atoms with Crippen molar-refractivity contribution in [1.29, 1.82) is 0 Å². The number of carboxylic acid groups (broad SMARTS) is 1. The number of benzene rings is 1. The average Bonchev–Trinajstić information content (AvgIpc) is 2.76. The van der Waals surface area contributed by atoms with Crippen molar-refractivity contribution < 1.29 is 19.9 Å². The van der Waals surface area contributed by atoms with Gasteiger partial charge in [-0.2, -0.15) is 0 Å². The van der Waals surface area contributed by atoms with E-state index >= 15 is 0 Å². The van der Waals surface area contributed by atoms with Gasteiger partial charge in [0.1, 0.15) is 0 Å². The molecule has 5 nitrogen and oxygen atoms in total. The fourth-order valence-corrected chi connectivity index (χ4v) is 3.28. The number of fused-ring (bicyclic) bond motifs is 1. The normalized spacial score (nSPS) is 20.3. The van der Waals surface area contributed by atoms with E-state index in [9.17, 15) is 9.90 Å². The molecule has 6 heteroatoms. The molecule has 0 saturated heterocycles. The molecule has 0 radical (unpaired) electrons. The second-order valence-corrected chi connectivity index (χ2v) is 5.76. The van der Waals surface area contributed by atoms with Gasteiger partial charge >= 0.3 is 13.1 Å². The molecule has 2 rings (SSSR count). The smallest absolute Gasteiger partial charge is 0.451 e. The minimum Gasteiger partial charge on any atom is -0.481 e. The molecule has 0 fully saturated rings. The van der Waals surface area contributed by atoms with E-state index in [4.69, 9.17) is 15.8 Å². The SMILES string of the molecule is NCCc1ccc2c(c1)C[C@H](CCCB(O)O)[C@@H]2C(=O)O. The number of carbonyl (C=O) groups is 1. The molecule has 0 aliphatic heterocycles. The maximum atomic E-state index is 11.6. The van der Waals surface area contributed by atoms with Crippen LogP contribution in [0.15, 0.2) is 18.2 Å². The van der Waals surface area contributed by atoms with E-state index in [-0.39, 0.29) is 12.2 Å². The van der Waals surface area contributed by atoms with Crippen molar-refractivity contribution in [2.45, 2.75) is 37.9 Å². The van der Waals surface area contributed by atoms with E-state index in [0.29, 0.717) is 19.4 Å². The van der Waals surface area contributed by atoms with E-state index in [1.165, 1.54) is 0 Å². The summed E-state index contributed by atoms with van der Waals surface area (Å²) in [6.07, 6.45) is 3.14. The van der Waals surface area contributed by atoms with Crippen LogP contribution in [0.2, 0.25) is 6.32 Å². The molecule has 0 spiro atoms. The van der Waals surface area contributed by atoms with Crippen LogP contribution in [0.4, 0.5) is 0 Å². The van der Waals surface area contributed by atoms with Gasteiger partial charge in [0.05, 0.1) is 5.92 Å². The first-order valence-electron chi connectivity index (χ1n) is 7.43. The maximum absolute atomic E-state index is 11.6. The molecule has 1 aromatic rings. The third-order valence-electron chi connectivity index (χ3n) is 4.23. The molecule has 0 heterocycles. The second kappa shape index (κ2) is 7.07. The Labute approximate surface area is 124 Å². The Morgan fingerprint density at radius 1 is 1.38 bits per heavy atom. The Bertz CT molecular complexity index is 506. The first-order valence-corrected chi connectivity index (χ1v) is 7.43. The van der Waals surface area contributed by atoms with Crippen molar-refractivity contribution in [3.8, 4) is 0 Å². The van der Waals surface area contributed by atoms with Crippen molar-refractivity contribution in [2.75, 3.05) is 6.54 Å². The van der Waals surface area contributed by atoms with Crippen LogP contribution in [0, 0.1) is 5.92 Å². The average molecular weight is 291 g/mol. The molecule has 1 aliphatic carbocycles. The minimum absolute atomic E-state index is 0.0318. The quantitative estimate of drug-likeness (QED) is 0.556. The molecule has 5 N–H and O–H groups in total. The van der Waals surface area contributed by atoms with Crippen molar-refractivity contribution in [3.05, 3.63) is 34.9 Å². The van der Waals surface area contributed by atoms with Gasteiger partial charge in [-0.05, 0) is 54.7 Å². The van der Waals surface area contributed by atoms with Crippen LogP contribution in [0.1, 0.15) is 35.4 Å². The maximum Gasteiger partial charge on any atom is 0.451 e. The van der Waals surface area contributed by atoms with Crippen molar-refractivity contribution >= 4 is 13.1 Å². The summed E-state index contributed by atoms with van der Waals surface area (Å²) in [4.78, 5) is 11.6. The molecule has 1 aromatic carbocycles. The van der Waals surface area contributed by atoms with Gasteiger partial charge in [0.2, 0.25) is 0 Å². The van der Waals surface area contributed by atoms with Gasteiger partial charge in [-0.3, -0.25) is 4.79 Å². The minimum atomic E-state index is -1.31. The monoisotopic (exact) mass is 291 g/mol. The van der Waals surface area contributed by atoms with Crippen LogP contribution in [-0.4, -0.2) is 34.8 Å². The summed E-state index contributed by atoms with van der Waals surface area (Å²) in [5.41, 5.74) is 8.71. The molecular weight excluding hydrogens is 269 g/mol. The lowest BCUT2D eigenvalue weighted by Crippen LogP contribution is -2.18. The lowest BCUT2D eigenvalue weighted by Gasteiger charge is -2.16. The van der Waals surface area contributed by atoms with Crippen LogP contribution < -0.4 is 5.73 Å². The zero-order chi connectivity index (χ0) is 15.4. The van der Waals surface area contributed by atoms with Crippen molar-refractivity contribution in [2.24, 2.45) is 11.7 Å². The van der Waals surface area contributed by atoms with Gasteiger partial charge in [0.25, 0.3) is 0 Å². The van der Waals surface area contributed by atoms with Crippen molar-refractivity contribution in [3.63, 3.8) is 0 Å². The largest absolute Gasteiger partial charge is 0.481 e. The predicted molar refractivity (Wildman–Crippen MR) is 81.0 cm³/mol. The topological polar surface area (TPSA) is 104 Å². The van der Waals surface area contributed by atoms with Crippen LogP contribution in [0.3, 0.4) is 0 Å². The number of hydrogen-bond acceptors (Lipinski definition) is 4. The van der Waals surface area contributed by atoms with Gasteiger partial charge in [-0.15, -0.1) is 0 Å². The highest BCUT2D eigenvalue weighted by Gasteiger charge is 2.37. The van der Waals surface area contributed by atoms with Gasteiger partial charge < -0.3 is 20.9 Å². The third kappa shape index (κ3) is 3.84. The van der Waals surface area contributed by atoms with Gasteiger partial charge in [-0.1, -0.05) is 24.6 Å². The summed E-state index contributed by atoms with van der Waals surface area (Å²) < 4.78 is 0. The van der Waals surface area contributed by atoms with Crippen LogP contribution in [-0.2, 0) is 17.6 Å². The fraction of sp³-hybridized carbons (Fsp3) is 0.533. The van der Waals surface area contributed by atoms with Crippen molar-refractivity contribution in [1.82, 2.24) is 0 Å². The summed E-state index contributed by atoms with van der Waals surface area (Å²) in [5, 5.41) is 27.3. The van der Waals surface area contributed by atoms with E-state index < -0.39 is 19.0 Å². The summed E-state index contributed by atoms with van der Waals surface area (Å²) in [6, 6.07) is 5.94. The first-order chi connectivity index (χ1) is 10.0. The Balaban J connectivity index is 2.12. The zero-order valence-electron chi connectivity index (χ0n) is 12.0. The molecule has 0 amide bonds. The number of rotatable bonds is 7. The highest BCUT2D eigenvalue weighted by molar-refractivity contribution is 6.40. The number of nitrogens with two attached hydrogens (primary N) is 1. The molecule has 114 valence electrons. The van der Waals surface area contributed by atoms with Crippen LogP contribution >= 0.6 is 0 Å². The predicted octanol–water partition coefficient (Wildman–Crippen LogP) is 0.781. The Morgan fingerprint density at radius 2 is 2.14 bits per heavy atom. The highest BCUT2D eigenvalue weighted by atomic mass is 16.4. The molecule has 0 unspecified atom stereocenters. The lowest BCUT2D eigenvalue weighted by atomic mass is 9.80.